The zero-order valence-corrected chi connectivity index (χ0v) is 20.6. The number of halogens is 2. The van der Waals surface area contributed by atoms with Crippen LogP contribution in [0.4, 0.5) is 5.69 Å². The van der Waals surface area contributed by atoms with Gasteiger partial charge in [-0.15, -0.1) is 0 Å². The topological polar surface area (TPSA) is 77.4 Å². The van der Waals surface area contributed by atoms with E-state index in [1.807, 2.05) is 36.4 Å². The average Bonchev–Trinajstić information content (AvgIpc) is 2.84. The lowest BCUT2D eigenvalue weighted by Gasteiger charge is -2.20. The third-order valence-corrected chi connectivity index (χ3v) is 6.04. The molecule has 0 fully saturated rings. The quantitative estimate of drug-likeness (QED) is 0.320. The zero-order chi connectivity index (χ0) is 25.1. The molecule has 0 radical (unpaired) electrons. The van der Waals surface area contributed by atoms with E-state index >= 15 is 0 Å². The highest BCUT2D eigenvalue weighted by molar-refractivity contribution is 6.35. The van der Waals surface area contributed by atoms with Crippen LogP contribution < -0.4 is 10.9 Å². The lowest BCUT2D eigenvalue weighted by atomic mass is 9.97. The van der Waals surface area contributed by atoms with Gasteiger partial charge in [0.1, 0.15) is 5.69 Å². The van der Waals surface area contributed by atoms with Crippen molar-refractivity contribution in [1.82, 2.24) is 4.57 Å². The van der Waals surface area contributed by atoms with Gasteiger partial charge in [-0.3, -0.25) is 9.59 Å². The molecule has 1 aromatic heterocycles. The van der Waals surface area contributed by atoms with Crippen molar-refractivity contribution in [2.24, 2.45) is 7.05 Å². The minimum Gasteiger partial charge on any atom is -0.448 e. The first-order valence-corrected chi connectivity index (χ1v) is 11.7. The fourth-order valence-corrected chi connectivity index (χ4v) is 4.48. The Morgan fingerprint density at radius 3 is 2.17 bits per heavy atom. The Labute approximate surface area is 212 Å². The molecule has 8 heteroatoms. The van der Waals surface area contributed by atoms with E-state index in [1.165, 1.54) is 11.6 Å². The van der Waals surface area contributed by atoms with Crippen molar-refractivity contribution in [3.05, 3.63) is 98.9 Å². The second kappa shape index (κ2) is 10.3. The molecule has 35 heavy (non-hydrogen) atoms. The van der Waals surface area contributed by atoms with Gasteiger partial charge >= 0.3 is 5.97 Å². The van der Waals surface area contributed by atoms with E-state index in [0.717, 1.165) is 5.56 Å². The predicted octanol–water partition coefficient (Wildman–Crippen LogP) is 6.09. The second-order valence-corrected chi connectivity index (χ2v) is 8.82. The minimum absolute atomic E-state index is 0.0666. The van der Waals surface area contributed by atoms with Crippen molar-refractivity contribution < 1.29 is 14.3 Å². The molecule has 0 aliphatic heterocycles. The van der Waals surface area contributed by atoms with E-state index in [0.29, 0.717) is 32.1 Å². The Hall–Kier alpha value is -3.61. The van der Waals surface area contributed by atoms with E-state index in [9.17, 15) is 14.4 Å². The van der Waals surface area contributed by atoms with Gasteiger partial charge in [-0.2, -0.15) is 0 Å². The SMILES string of the molecule is CCC(OC(=O)c1c(-c2ccccc2)c2ccccc2c(=O)n1C)C(=O)Nc1cc(Cl)cc(Cl)c1. The van der Waals surface area contributed by atoms with Crippen LogP contribution in [-0.2, 0) is 16.6 Å². The number of anilines is 1. The van der Waals surface area contributed by atoms with Crippen molar-refractivity contribution >= 4 is 51.5 Å². The van der Waals surface area contributed by atoms with Crippen LogP contribution in [-0.4, -0.2) is 22.5 Å². The number of nitrogens with zero attached hydrogens (tertiary/aromatic N) is 1. The fourth-order valence-electron chi connectivity index (χ4n) is 3.96. The molecule has 0 saturated carbocycles. The molecule has 6 nitrogen and oxygen atoms in total. The van der Waals surface area contributed by atoms with Gasteiger partial charge in [0.05, 0.1) is 0 Å². The molecule has 1 atom stereocenters. The highest BCUT2D eigenvalue weighted by atomic mass is 35.5. The molecule has 4 rings (SSSR count). The summed E-state index contributed by atoms with van der Waals surface area (Å²) in [7, 11) is 1.52. The molecule has 1 amide bonds. The predicted molar refractivity (Wildman–Crippen MR) is 139 cm³/mol. The van der Waals surface area contributed by atoms with E-state index in [1.54, 1.807) is 43.3 Å². The van der Waals surface area contributed by atoms with Gasteiger partial charge in [0.2, 0.25) is 0 Å². The maximum Gasteiger partial charge on any atom is 0.356 e. The van der Waals surface area contributed by atoms with Crippen LogP contribution >= 0.6 is 23.2 Å². The molecule has 0 spiro atoms. The Morgan fingerprint density at radius 2 is 1.54 bits per heavy atom. The summed E-state index contributed by atoms with van der Waals surface area (Å²) in [6, 6.07) is 21.0. The number of pyridine rings is 1. The van der Waals surface area contributed by atoms with E-state index in [4.69, 9.17) is 27.9 Å². The van der Waals surface area contributed by atoms with Crippen molar-refractivity contribution in [2.45, 2.75) is 19.4 Å². The smallest absolute Gasteiger partial charge is 0.356 e. The van der Waals surface area contributed by atoms with Gasteiger partial charge in [0.15, 0.2) is 6.10 Å². The zero-order valence-electron chi connectivity index (χ0n) is 19.0. The number of carbonyl (C=O) groups excluding carboxylic acids is 2. The van der Waals surface area contributed by atoms with Crippen LogP contribution in [0.15, 0.2) is 77.6 Å². The summed E-state index contributed by atoms with van der Waals surface area (Å²) in [4.78, 5) is 39.5. The van der Waals surface area contributed by atoms with E-state index in [2.05, 4.69) is 5.32 Å². The summed E-state index contributed by atoms with van der Waals surface area (Å²) in [5.41, 5.74) is 1.42. The van der Waals surface area contributed by atoms with Crippen molar-refractivity contribution in [2.75, 3.05) is 5.32 Å². The summed E-state index contributed by atoms with van der Waals surface area (Å²) in [5.74, 6) is -1.31. The number of nitrogens with one attached hydrogen (secondary N) is 1. The number of fused-ring (bicyclic) bond motifs is 1. The van der Waals surface area contributed by atoms with Gasteiger partial charge in [-0.05, 0) is 41.6 Å². The molecular formula is C27H22Cl2N2O4. The van der Waals surface area contributed by atoms with Crippen LogP contribution in [0.3, 0.4) is 0 Å². The minimum atomic E-state index is -1.11. The number of hydrogen-bond acceptors (Lipinski definition) is 4. The first kappa shape index (κ1) is 24.5. The normalized spacial score (nSPS) is 11.8. The molecule has 1 unspecified atom stereocenters. The largest absolute Gasteiger partial charge is 0.448 e. The van der Waals surface area contributed by atoms with E-state index < -0.39 is 18.0 Å². The summed E-state index contributed by atoms with van der Waals surface area (Å²) in [6.07, 6.45) is -0.890. The highest BCUT2D eigenvalue weighted by Crippen LogP contribution is 2.31. The van der Waals surface area contributed by atoms with Gasteiger partial charge < -0.3 is 14.6 Å². The Kier molecular flexibility index (Phi) is 7.24. The third kappa shape index (κ3) is 5.09. The molecule has 4 aromatic rings. The first-order valence-electron chi connectivity index (χ1n) is 10.9. The summed E-state index contributed by atoms with van der Waals surface area (Å²) >= 11 is 12.0. The Morgan fingerprint density at radius 1 is 0.943 bits per heavy atom. The van der Waals surface area contributed by atoms with Crippen LogP contribution in [0, 0.1) is 0 Å². The Balaban J connectivity index is 1.74. The summed E-state index contributed by atoms with van der Waals surface area (Å²) in [5, 5.41) is 4.50. The second-order valence-electron chi connectivity index (χ2n) is 7.95. The number of benzene rings is 3. The maximum atomic E-state index is 13.5. The van der Waals surface area contributed by atoms with Crippen LogP contribution in [0.25, 0.3) is 21.9 Å². The van der Waals surface area contributed by atoms with Crippen LogP contribution in [0.1, 0.15) is 23.8 Å². The first-order chi connectivity index (χ1) is 16.8. The van der Waals surface area contributed by atoms with Crippen molar-refractivity contribution in [3.8, 4) is 11.1 Å². The number of hydrogen-bond donors (Lipinski definition) is 1. The fraction of sp³-hybridized carbons (Fsp3) is 0.148. The molecule has 178 valence electrons. The number of esters is 1. The average molecular weight is 509 g/mol. The number of carbonyl (C=O) groups is 2. The van der Waals surface area contributed by atoms with Gasteiger partial charge in [-0.25, -0.2) is 4.79 Å². The molecule has 0 aliphatic carbocycles. The van der Waals surface area contributed by atoms with Crippen molar-refractivity contribution in [1.29, 1.82) is 0 Å². The van der Waals surface area contributed by atoms with Crippen LogP contribution in [0.5, 0.6) is 0 Å². The van der Waals surface area contributed by atoms with Crippen LogP contribution in [0.2, 0.25) is 10.0 Å². The molecule has 1 heterocycles. The highest BCUT2D eigenvalue weighted by Gasteiger charge is 2.27. The summed E-state index contributed by atoms with van der Waals surface area (Å²) < 4.78 is 6.92. The number of aromatic nitrogens is 1. The third-order valence-electron chi connectivity index (χ3n) is 5.60. The lowest BCUT2D eigenvalue weighted by Crippen LogP contribution is -2.34. The van der Waals surface area contributed by atoms with Gasteiger partial charge in [-0.1, -0.05) is 78.7 Å². The van der Waals surface area contributed by atoms with Gasteiger partial charge in [0.25, 0.3) is 11.5 Å². The lowest BCUT2D eigenvalue weighted by molar-refractivity contribution is -0.124. The number of ether oxygens (including phenoxy) is 1. The molecule has 0 saturated heterocycles. The molecule has 0 aliphatic rings. The number of amides is 1. The molecular weight excluding hydrogens is 487 g/mol. The summed E-state index contributed by atoms with van der Waals surface area (Å²) in [6.45, 7) is 1.72. The standard InChI is InChI=1S/C27H22Cl2N2O4/c1-3-22(25(32)30-19-14-17(28)13-18(29)15-19)35-27(34)24-23(16-9-5-4-6-10-16)20-11-7-8-12-21(20)26(33)31(24)2/h4-15,22H,3H2,1-2H3,(H,30,32). The molecule has 1 N–H and O–H groups in total. The molecule has 0 bridgehead atoms. The number of rotatable bonds is 6. The van der Waals surface area contributed by atoms with E-state index in [-0.39, 0.29) is 17.7 Å². The maximum absolute atomic E-state index is 13.5. The van der Waals surface area contributed by atoms with Crippen molar-refractivity contribution in [3.63, 3.8) is 0 Å². The van der Waals surface area contributed by atoms with Gasteiger partial charge in [0, 0.05) is 33.7 Å². The monoisotopic (exact) mass is 508 g/mol. The molecule has 3 aromatic carbocycles. The Bertz CT molecular complexity index is 1460.